The Morgan fingerprint density at radius 1 is 1.10 bits per heavy atom. The van der Waals surface area contributed by atoms with Crippen molar-refractivity contribution in [2.24, 2.45) is 0 Å². The van der Waals surface area contributed by atoms with Gasteiger partial charge in [0.2, 0.25) is 0 Å². The number of ether oxygens (including phenoxy) is 2. The quantitative estimate of drug-likeness (QED) is 0.461. The first-order chi connectivity index (χ1) is 9.51. The standard InChI is InChI=1S/C7H14O4.C6H10O3/c1-2-3-7(10)11-5-6(9)4-8;1-2-3-6(8)9-5-4-7/h6,8-9H,2-5H2,1H3;4H,2-3,5H2,1H3. The van der Waals surface area contributed by atoms with E-state index in [-0.39, 0.29) is 31.8 Å². The molecule has 0 saturated carbocycles. The molecule has 0 aliphatic rings. The van der Waals surface area contributed by atoms with Gasteiger partial charge in [-0.2, -0.15) is 0 Å². The Labute approximate surface area is 118 Å². The maximum Gasteiger partial charge on any atom is 0.306 e. The van der Waals surface area contributed by atoms with E-state index in [9.17, 15) is 14.4 Å². The molecule has 0 saturated heterocycles. The molecular weight excluding hydrogens is 268 g/mol. The van der Waals surface area contributed by atoms with Gasteiger partial charge in [0.05, 0.1) is 6.61 Å². The van der Waals surface area contributed by atoms with Gasteiger partial charge in [0.15, 0.2) is 6.29 Å². The van der Waals surface area contributed by atoms with Crippen LogP contribution in [0.15, 0.2) is 0 Å². The lowest BCUT2D eigenvalue weighted by molar-refractivity contribution is -0.147. The summed E-state index contributed by atoms with van der Waals surface area (Å²) in [6, 6.07) is 0. The zero-order chi connectivity index (χ0) is 15.8. The van der Waals surface area contributed by atoms with Crippen molar-refractivity contribution >= 4 is 18.2 Å². The van der Waals surface area contributed by atoms with Crippen molar-refractivity contribution < 1.29 is 34.1 Å². The second-order valence-corrected chi connectivity index (χ2v) is 3.87. The highest BCUT2D eigenvalue weighted by Crippen LogP contribution is 1.92. The van der Waals surface area contributed by atoms with Gasteiger partial charge in [0.25, 0.3) is 0 Å². The molecule has 118 valence electrons. The lowest BCUT2D eigenvalue weighted by atomic mass is 10.3. The van der Waals surface area contributed by atoms with Gasteiger partial charge in [-0.05, 0) is 12.8 Å². The summed E-state index contributed by atoms with van der Waals surface area (Å²) in [5.74, 6) is -0.635. The molecule has 0 aromatic carbocycles. The second kappa shape index (κ2) is 15.6. The van der Waals surface area contributed by atoms with Crippen molar-refractivity contribution in [3.63, 3.8) is 0 Å². The van der Waals surface area contributed by atoms with Crippen LogP contribution >= 0.6 is 0 Å². The van der Waals surface area contributed by atoms with Crippen LogP contribution in [0.2, 0.25) is 0 Å². The topological polar surface area (TPSA) is 110 Å². The number of aldehydes is 1. The molecule has 0 aliphatic heterocycles. The molecular formula is C13H24O7. The molecule has 2 N–H and O–H groups in total. The predicted molar refractivity (Wildman–Crippen MR) is 70.9 cm³/mol. The largest absolute Gasteiger partial charge is 0.463 e. The molecule has 0 fully saturated rings. The van der Waals surface area contributed by atoms with Gasteiger partial charge in [-0.15, -0.1) is 0 Å². The van der Waals surface area contributed by atoms with Crippen LogP contribution in [0.1, 0.15) is 39.5 Å². The predicted octanol–water partition coefficient (Wildman–Crippen LogP) is 0.211. The minimum atomic E-state index is -0.948. The number of carbonyl (C=O) groups excluding carboxylic acids is 3. The first kappa shape index (κ1) is 20.8. The summed E-state index contributed by atoms with van der Waals surface area (Å²) < 4.78 is 9.01. The van der Waals surface area contributed by atoms with Crippen molar-refractivity contribution in [3.05, 3.63) is 0 Å². The number of aliphatic hydroxyl groups is 2. The fraction of sp³-hybridized carbons (Fsp3) is 0.769. The summed E-state index contributed by atoms with van der Waals surface area (Å²) in [5, 5.41) is 17.1. The van der Waals surface area contributed by atoms with Crippen LogP contribution in [0.25, 0.3) is 0 Å². The second-order valence-electron chi connectivity index (χ2n) is 3.87. The summed E-state index contributed by atoms with van der Waals surface area (Å²) in [5.41, 5.74) is 0. The zero-order valence-corrected chi connectivity index (χ0v) is 12.0. The SMILES string of the molecule is CCCC(=O)OCC(O)CO.CCCC(=O)OCC=O. The summed E-state index contributed by atoms with van der Waals surface area (Å²) >= 11 is 0. The van der Waals surface area contributed by atoms with Gasteiger partial charge in [-0.1, -0.05) is 13.8 Å². The smallest absolute Gasteiger partial charge is 0.306 e. The Balaban J connectivity index is 0. The third kappa shape index (κ3) is 16.5. The van der Waals surface area contributed by atoms with E-state index in [0.717, 1.165) is 12.8 Å². The Morgan fingerprint density at radius 3 is 2.00 bits per heavy atom. The minimum absolute atomic E-state index is 0.112. The minimum Gasteiger partial charge on any atom is -0.463 e. The lowest BCUT2D eigenvalue weighted by Crippen LogP contribution is -2.21. The lowest BCUT2D eigenvalue weighted by Gasteiger charge is -2.07. The van der Waals surface area contributed by atoms with Gasteiger partial charge >= 0.3 is 11.9 Å². The van der Waals surface area contributed by atoms with E-state index in [1.54, 1.807) is 0 Å². The number of esters is 2. The zero-order valence-electron chi connectivity index (χ0n) is 12.0. The van der Waals surface area contributed by atoms with Gasteiger partial charge < -0.3 is 19.7 Å². The van der Waals surface area contributed by atoms with Gasteiger partial charge in [-0.3, -0.25) is 14.4 Å². The summed E-state index contributed by atoms with van der Waals surface area (Å²) in [6.45, 7) is 3.14. The van der Waals surface area contributed by atoms with E-state index in [2.05, 4.69) is 9.47 Å². The molecule has 0 aliphatic carbocycles. The van der Waals surface area contributed by atoms with Crippen molar-refractivity contribution in [1.29, 1.82) is 0 Å². The number of aliphatic hydroxyl groups excluding tert-OH is 2. The first-order valence-electron chi connectivity index (χ1n) is 6.55. The third-order valence-corrected chi connectivity index (χ3v) is 1.87. The van der Waals surface area contributed by atoms with E-state index in [4.69, 9.17) is 10.2 Å². The fourth-order valence-corrected chi connectivity index (χ4v) is 0.921. The number of carbonyl (C=O) groups is 3. The van der Waals surface area contributed by atoms with Gasteiger partial charge in [0, 0.05) is 12.8 Å². The highest BCUT2D eigenvalue weighted by Gasteiger charge is 2.05. The molecule has 0 radical (unpaired) electrons. The molecule has 20 heavy (non-hydrogen) atoms. The molecule has 7 nitrogen and oxygen atoms in total. The monoisotopic (exact) mass is 292 g/mol. The highest BCUT2D eigenvalue weighted by molar-refractivity contribution is 5.71. The molecule has 0 heterocycles. The molecule has 0 aromatic rings. The third-order valence-electron chi connectivity index (χ3n) is 1.87. The van der Waals surface area contributed by atoms with Crippen LogP contribution in [0.5, 0.6) is 0 Å². The Bertz CT molecular complexity index is 265. The van der Waals surface area contributed by atoms with Gasteiger partial charge in [0.1, 0.15) is 19.3 Å². The highest BCUT2D eigenvalue weighted by atomic mass is 16.5. The van der Waals surface area contributed by atoms with Crippen molar-refractivity contribution in [3.8, 4) is 0 Å². The van der Waals surface area contributed by atoms with Crippen LogP contribution in [0, 0.1) is 0 Å². The van der Waals surface area contributed by atoms with E-state index < -0.39 is 6.10 Å². The maximum atomic E-state index is 10.6. The van der Waals surface area contributed by atoms with E-state index in [1.165, 1.54) is 0 Å². The van der Waals surface area contributed by atoms with Crippen LogP contribution in [-0.2, 0) is 23.9 Å². The van der Waals surface area contributed by atoms with E-state index in [0.29, 0.717) is 19.1 Å². The first-order valence-corrected chi connectivity index (χ1v) is 6.55. The Morgan fingerprint density at radius 2 is 1.60 bits per heavy atom. The fourth-order valence-electron chi connectivity index (χ4n) is 0.921. The molecule has 0 spiro atoms. The normalized spacial score (nSPS) is 10.8. The number of hydrogen-bond acceptors (Lipinski definition) is 7. The summed E-state index contributed by atoms with van der Waals surface area (Å²) in [4.78, 5) is 30.7. The Hall–Kier alpha value is -1.47. The average molecular weight is 292 g/mol. The summed E-state index contributed by atoms with van der Waals surface area (Å²) in [6.07, 6.45) is 1.86. The molecule has 1 unspecified atom stereocenters. The molecule has 0 aromatic heterocycles. The van der Waals surface area contributed by atoms with Crippen LogP contribution in [-0.4, -0.2) is 54.4 Å². The maximum absolute atomic E-state index is 10.6. The average Bonchev–Trinajstić information content (AvgIpc) is 2.44. The van der Waals surface area contributed by atoms with Gasteiger partial charge in [-0.25, -0.2) is 0 Å². The number of hydrogen-bond donors (Lipinski definition) is 2. The van der Waals surface area contributed by atoms with Crippen LogP contribution < -0.4 is 0 Å². The van der Waals surface area contributed by atoms with Crippen molar-refractivity contribution in [1.82, 2.24) is 0 Å². The van der Waals surface area contributed by atoms with E-state index in [1.807, 2.05) is 13.8 Å². The molecule has 0 amide bonds. The Kier molecular flexibility index (Phi) is 16.2. The summed E-state index contributed by atoms with van der Waals surface area (Å²) in [7, 11) is 0. The van der Waals surface area contributed by atoms with Crippen molar-refractivity contribution in [2.75, 3.05) is 19.8 Å². The number of rotatable bonds is 9. The molecule has 7 heteroatoms. The van der Waals surface area contributed by atoms with Crippen molar-refractivity contribution in [2.45, 2.75) is 45.6 Å². The van der Waals surface area contributed by atoms with E-state index >= 15 is 0 Å². The molecule has 1 atom stereocenters. The van der Waals surface area contributed by atoms with Crippen LogP contribution in [0.4, 0.5) is 0 Å². The van der Waals surface area contributed by atoms with Crippen LogP contribution in [0.3, 0.4) is 0 Å². The molecule has 0 rings (SSSR count). The molecule has 0 bridgehead atoms.